The van der Waals surface area contributed by atoms with E-state index < -0.39 is 11.6 Å². The lowest BCUT2D eigenvalue weighted by Gasteiger charge is -2.11. The Labute approximate surface area is 152 Å². The van der Waals surface area contributed by atoms with E-state index in [9.17, 15) is 8.78 Å². The second-order valence-corrected chi connectivity index (χ2v) is 6.11. The quantitative estimate of drug-likeness (QED) is 0.553. The van der Waals surface area contributed by atoms with Gasteiger partial charge in [-0.05, 0) is 37.0 Å². The van der Waals surface area contributed by atoms with Crippen LogP contribution in [0.3, 0.4) is 0 Å². The maximum Gasteiger partial charge on any atom is 0.191 e. The van der Waals surface area contributed by atoms with Crippen LogP contribution >= 0.6 is 0 Å². The monoisotopic (exact) mass is 364 g/mol. The van der Waals surface area contributed by atoms with Crippen molar-refractivity contribution in [3.8, 4) is 0 Å². The number of aliphatic imine (C=N–C) groups is 1. The summed E-state index contributed by atoms with van der Waals surface area (Å²) in [5, 5.41) is 10.4. The second-order valence-electron chi connectivity index (χ2n) is 6.11. The maximum absolute atomic E-state index is 13.2. The van der Waals surface area contributed by atoms with E-state index in [2.05, 4.69) is 34.6 Å². The lowest BCUT2D eigenvalue weighted by molar-refractivity contribution is 0.368. The predicted molar refractivity (Wildman–Crippen MR) is 98.1 cm³/mol. The molecule has 0 radical (unpaired) electrons. The predicted octanol–water partition coefficient (Wildman–Crippen LogP) is 3.76. The summed E-state index contributed by atoms with van der Waals surface area (Å²) in [6, 6.07) is 5.49. The van der Waals surface area contributed by atoms with Gasteiger partial charge in [0.1, 0.15) is 11.6 Å². The molecule has 1 aromatic heterocycles. The third kappa shape index (κ3) is 5.82. The molecule has 0 aliphatic carbocycles. The van der Waals surface area contributed by atoms with Crippen LogP contribution in [-0.4, -0.2) is 24.7 Å². The van der Waals surface area contributed by atoms with E-state index in [0.717, 1.165) is 30.4 Å². The Balaban J connectivity index is 1.81. The van der Waals surface area contributed by atoms with E-state index in [0.29, 0.717) is 37.0 Å². The van der Waals surface area contributed by atoms with Gasteiger partial charge in [0, 0.05) is 31.6 Å². The minimum absolute atomic E-state index is 0.414. The third-order valence-corrected chi connectivity index (χ3v) is 4.26. The van der Waals surface area contributed by atoms with E-state index >= 15 is 0 Å². The Morgan fingerprint density at radius 2 is 1.81 bits per heavy atom. The number of hydrogen-bond acceptors (Lipinski definition) is 3. The number of halogens is 2. The first-order chi connectivity index (χ1) is 12.5. The molecule has 0 unspecified atom stereocenters. The van der Waals surface area contributed by atoms with Crippen molar-refractivity contribution >= 4 is 5.96 Å². The molecule has 1 aromatic carbocycles. The van der Waals surface area contributed by atoms with E-state index in [1.54, 1.807) is 7.05 Å². The summed E-state index contributed by atoms with van der Waals surface area (Å²) in [6.45, 7) is 5.23. The first-order valence-corrected chi connectivity index (χ1v) is 8.90. The molecule has 0 saturated heterocycles. The van der Waals surface area contributed by atoms with Crippen LogP contribution in [0, 0.1) is 11.6 Å². The van der Waals surface area contributed by atoms with Crippen LogP contribution in [0.4, 0.5) is 8.78 Å². The largest absolute Gasteiger partial charge is 0.359 e. The van der Waals surface area contributed by atoms with Crippen LogP contribution in [0.2, 0.25) is 0 Å². The van der Waals surface area contributed by atoms with Crippen LogP contribution in [0.5, 0.6) is 0 Å². The minimum Gasteiger partial charge on any atom is -0.359 e. The Hall–Kier alpha value is -2.44. The molecule has 26 heavy (non-hydrogen) atoms. The van der Waals surface area contributed by atoms with Crippen LogP contribution in [0.25, 0.3) is 0 Å². The van der Waals surface area contributed by atoms with Gasteiger partial charge in [-0.2, -0.15) is 0 Å². The maximum atomic E-state index is 13.2. The molecule has 1 heterocycles. The van der Waals surface area contributed by atoms with Gasteiger partial charge in [0.2, 0.25) is 0 Å². The summed E-state index contributed by atoms with van der Waals surface area (Å²) in [6.07, 6.45) is 2.54. The number of benzene rings is 1. The highest BCUT2D eigenvalue weighted by molar-refractivity contribution is 5.79. The summed E-state index contributed by atoms with van der Waals surface area (Å²) in [4.78, 5) is 4.13. The first-order valence-electron chi connectivity index (χ1n) is 8.90. The molecule has 142 valence electrons. The Kier molecular flexibility index (Phi) is 7.56. The smallest absolute Gasteiger partial charge is 0.191 e. The summed E-state index contributed by atoms with van der Waals surface area (Å²) in [5.41, 5.74) is 1.57. The third-order valence-electron chi connectivity index (χ3n) is 4.26. The van der Waals surface area contributed by atoms with Gasteiger partial charge in [-0.15, -0.1) is 0 Å². The molecular weight excluding hydrogens is 338 g/mol. The van der Waals surface area contributed by atoms with Crippen LogP contribution < -0.4 is 10.6 Å². The number of rotatable bonds is 8. The summed E-state index contributed by atoms with van der Waals surface area (Å²) in [5.74, 6) is 0.600. The average molecular weight is 364 g/mol. The fourth-order valence-electron chi connectivity index (χ4n) is 2.78. The fraction of sp³-hybridized carbons (Fsp3) is 0.474. The normalized spacial score (nSPS) is 11.8. The molecule has 0 saturated carbocycles. The number of guanidine groups is 1. The SMILES string of the molecule is CCC(CC)c1cc(CNC(=NC)NCCc2cc(F)cc(F)c2)on1. The van der Waals surface area contributed by atoms with Gasteiger partial charge in [0.05, 0.1) is 12.2 Å². The zero-order valence-electron chi connectivity index (χ0n) is 15.5. The topological polar surface area (TPSA) is 62.5 Å². The molecular formula is C19H26F2N4O. The Bertz CT molecular complexity index is 706. The number of aromatic nitrogens is 1. The molecule has 2 N–H and O–H groups in total. The molecule has 0 atom stereocenters. The highest BCUT2D eigenvalue weighted by atomic mass is 19.1. The second kappa shape index (κ2) is 9.89. The lowest BCUT2D eigenvalue weighted by atomic mass is 9.99. The van der Waals surface area contributed by atoms with Gasteiger partial charge in [0.15, 0.2) is 11.7 Å². The van der Waals surface area contributed by atoms with Crippen molar-refractivity contribution in [1.82, 2.24) is 15.8 Å². The van der Waals surface area contributed by atoms with Gasteiger partial charge in [-0.3, -0.25) is 4.99 Å². The Morgan fingerprint density at radius 3 is 2.42 bits per heavy atom. The zero-order valence-corrected chi connectivity index (χ0v) is 15.5. The summed E-state index contributed by atoms with van der Waals surface area (Å²) >= 11 is 0. The standard InChI is InChI=1S/C19H26F2N4O/c1-4-14(5-2)18-11-17(26-25-18)12-24-19(22-3)23-7-6-13-8-15(20)10-16(21)9-13/h8-11,14H,4-7,12H2,1-3H3,(H2,22,23,24). The van der Waals surface area contributed by atoms with Crippen molar-refractivity contribution in [2.45, 2.75) is 45.6 Å². The molecule has 2 aromatic rings. The van der Waals surface area contributed by atoms with E-state index in [1.165, 1.54) is 12.1 Å². The van der Waals surface area contributed by atoms with Crippen LogP contribution in [0.1, 0.15) is 49.6 Å². The van der Waals surface area contributed by atoms with Gasteiger partial charge in [-0.1, -0.05) is 19.0 Å². The molecule has 2 rings (SSSR count). The first kappa shape index (κ1) is 19.9. The van der Waals surface area contributed by atoms with E-state index in [4.69, 9.17) is 4.52 Å². The van der Waals surface area contributed by atoms with Gasteiger partial charge in [-0.25, -0.2) is 8.78 Å². The zero-order chi connectivity index (χ0) is 18.9. The molecule has 7 heteroatoms. The van der Waals surface area contributed by atoms with Crippen LogP contribution in [-0.2, 0) is 13.0 Å². The molecule has 5 nitrogen and oxygen atoms in total. The lowest BCUT2D eigenvalue weighted by Crippen LogP contribution is -2.37. The molecule has 0 bridgehead atoms. The van der Waals surface area contributed by atoms with Crippen molar-refractivity contribution in [3.63, 3.8) is 0 Å². The summed E-state index contributed by atoms with van der Waals surface area (Å²) < 4.78 is 31.7. The molecule has 0 aliphatic heterocycles. The molecule has 0 fully saturated rings. The van der Waals surface area contributed by atoms with Gasteiger partial charge >= 0.3 is 0 Å². The average Bonchev–Trinajstić information content (AvgIpc) is 3.07. The number of nitrogens with one attached hydrogen (secondary N) is 2. The molecule has 0 spiro atoms. The van der Waals surface area contributed by atoms with Crippen molar-refractivity contribution < 1.29 is 13.3 Å². The minimum atomic E-state index is -0.568. The van der Waals surface area contributed by atoms with Crippen molar-refractivity contribution in [2.75, 3.05) is 13.6 Å². The Morgan fingerprint density at radius 1 is 1.12 bits per heavy atom. The molecule has 0 aliphatic rings. The van der Waals surface area contributed by atoms with Gasteiger partial charge < -0.3 is 15.2 Å². The van der Waals surface area contributed by atoms with Crippen molar-refractivity contribution in [2.24, 2.45) is 4.99 Å². The van der Waals surface area contributed by atoms with Crippen molar-refractivity contribution in [3.05, 3.63) is 52.9 Å². The summed E-state index contributed by atoms with van der Waals surface area (Å²) in [7, 11) is 1.66. The van der Waals surface area contributed by atoms with Crippen molar-refractivity contribution in [1.29, 1.82) is 0 Å². The van der Waals surface area contributed by atoms with E-state index in [-0.39, 0.29) is 0 Å². The van der Waals surface area contributed by atoms with E-state index in [1.807, 2.05) is 6.07 Å². The molecule has 0 amide bonds. The number of hydrogen-bond donors (Lipinski definition) is 2. The number of nitrogens with zero attached hydrogens (tertiary/aromatic N) is 2. The fourth-order valence-corrected chi connectivity index (χ4v) is 2.78. The van der Waals surface area contributed by atoms with Crippen LogP contribution in [0.15, 0.2) is 33.8 Å². The highest BCUT2D eigenvalue weighted by Crippen LogP contribution is 2.22. The van der Waals surface area contributed by atoms with Gasteiger partial charge in [0.25, 0.3) is 0 Å². The highest BCUT2D eigenvalue weighted by Gasteiger charge is 2.13.